The normalized spacial score (nSPS) is 19.7. The molecule has 2 aromatic rings. The molecule has 0 bridgehead atoms. The zero-order chi connectivity index (χ0) is 20.4. The van der Waals surface area contributed by atoms with Gasteiger partial charge in [-0.05, 0) is 19.9 Å². The molecule has 1 heterocycles. The summed E-state index contributed by atoms with van der Waals surface area (Å²) in [5, 5.41) is 20.8. The number of nitrogens with zero attached hydrogens (tertiary/aromatic N) is 1. The van der Waals surface area contributed by atoms with Gasteiger partial charge in [0.15, 0.2) is 0 Å². The molecule has 6 heteroatoms. The van der Waals surface area contributed by atoms with Gasteiger partial charge in [0.1, 0.15) is 11.5 Å². The average Bonchev–Trinajstić information content (AvgIpc) is 2.92. The van der Waals surface area contributed by atoms with E-state index in [2.05, 4.69) is 0 Å². The molecular formula is C22H23NO5. The Kier molecular flexibility index (Phi) is 5.51. The maximum Gasteiger partial charge on any atom is 0.295 e. The number of aryl methyl sites for hydroxylation is 1. The summed E-state index contributed by atoms with van der Waals surface area (Å²) in [6.07, 6.45) is -0.838. The Hall–Kier alpha value is -3.12. The van der Waals surface area contributed by atoms with Crippen LogP contribution in [0.5, 0.6) is 5.75 Å². The van der Waals surface area contributed by atoms with Crippen molar-refractivity contribution in [3.8, 4) is 5.75 Å². The first kappa shape index (κ1) is 19.6. The average molecular weight is 381 g/mol. The van der Waals surface area contributed by atoms with Crippen molar-refractivity contribution in [1.29, 1.82) is 0 Å². The van der Waals surface area contributed by atoms with Crippen LogP contribution in [0.25, 0.3) is 5.76 Å². The first-order valence-electron chi connectivity index (χ1n) is 9.01. The third-order valence-corrected chi connectivity index (χ3v) is 4.76. The lowest BCUT2D eigenvalue weighted by molar-refractivity contribution is -0.140. The Morgan fingerprint density at radius 2 is 1.79 bits per heavy atom. The predicted octanol–water partition coefficient (Wildman–Crippen LogP) is 2.81. The number of carbonyl (C=O) groups excluding carboxylic acids is 2. The summed E-state index contributed by atoms with van der Waals surface area (Å²) in [6.45, 7) is 3.41. The van der Waals surface area contributed by atoms with Crippen molar-refractivity contribution in [2.45, 2.75) is 26.0 Å². The quantitative estimate of drug-likeness (QED) is 0.472. The van der Waals surface area contributed by atoms with Crippen molar-refractivity contribution in [3.63, 3.8) is 0 Å². The number of methoxy groups -OCH3 is 1. The molecule has 28 heavy (non-hydrogen) atoms. The predicted molar refractivity (Wildman–Crippen MR) is 105 cm³/mol. The number of Topliss-reactive ketones (excluding diaryl/α,β-unsaturated/α-hetero) is 1. The van der Waals surface area contributed by atoms with Gasteiger partial charge in [0, 0.05) is 17.7 Å². The van der Waals surface area contributed by atoms with Gasteiger partial charge in [-0.25, -0.2) is 0 Å². The molecule has 1 aliphatic rings. The highest BCUT2D eigenvalue weighted by molar-refractivity contribution is 6.46. The smallest absolute Gasteiger partial charge is 0.295 e. The fraction of sp³-hybridized carbons (Fsp3) is 0.273. The van der Waals surface area contributed by atoms with E-state index in [0.29, 0.717) is 16.9 Å². The zero-order valence-electron chi connectivity index (χ0n) is 16.0. The molecule has 1 aliphatic heterocycles. The van der Waals surface area contributed by atoms with E-state index in [1.165, 1.54) is 12.0 Å². The number of ether oxygens (including phenoxy) is 1. The lowest BCUT2D eigenvalue weighted by Gasteiger charge is -2.27. The van der Waals surface area contributed by atoms with Gasteiger partial charge in [0.05, 0.1) is 24.8 Å². The Labute approximate surface area is 163 Å². The fourth-order valence-corrected chi connectivity index (χ4v) is 3.44. The second kappa shape index (κ2) is 7.86. The number of carbonyl (C=O) groups is 2. The van der Waals surface area contributed by atoms with Crippen molar-refractivity contribution < 1.29 is 24.5 Å². The van der Waals surface area contributed by atoms with Gasteiger partial charge in [0.25, 0.3) is 11.7 Å². The largest absolute Gasteiger partial charge is 0.507 e. The van der Waals surface area contributed by atoms with Gasteiger partial charge in [-0.2, -0.15) is 0 Å². The number of amides is 1. The van der Waals surface area contributed by atoms with Gasteiger partial charge in [0.2, 0.25) is 0 Å². The Balaban J connectivity index is 2.23. The monoisotopic (exact) mass is 381 g/mol. The number of ketones is 1. The number of hydrogen-bond acceptors (Lipinski definition) is 5. The summed E-state index contributed by atoms with van der Waals surface area (Å²) >= 11 is 0. The second-order valence-electron chi connectivity index (χ2n) is 6.91. The highest BCUT2D eigenvalue weighted by Crippen LogP contribution is 2.42. The summed E-state index contributed by atoms with van der Waals surface area (Å²) in [5.41, 5.74) is 2.01. The number of para-hydroxylation sites is 1. The third-order valence-electron chi connectivity index (χ3n) is 4.76. The molecule has 0 saturated carbocycles. The first-order valence-corrected chi connectivity index (χ1v) is 9.01. The highest BCUT2D eigenvalue weighted by atomic mass is 16.5. The lowest BCUT2D eigenvalue weighted by Crippen LogP contribution is -2.35. The van der Waals surface area contributed by atoms with Crippen LogP contribution in [0.4, 0.5) is 0 Å². The van der Waals surface area contributed by atoms with E-state index in [9.17, 15) is 19.8 Å². The topological polar surface area (TPSA) is 87.1 Å². The van der Waals surface area contributed by atoms with Crippen LogP contribution in [0, 0.1) is 6.92 Å². The van der Waals surface area contributed by atoms with Gasteiger partial charge in [-0.15, -0.1) is 0 Å². The number of aliphatic hydroxyl groups excluding tert-OH is 2. The molecule has 2 aromatic carbocycles. The van der Waals surface area contributed by atoms with Crippen LogP contribution in [0.1, 0.15) is 29.7 Å². The van der Waals surface area contributed by atoms with Crippen LogP contribution >= 0.6 is 0 Å². The van der Waals surface area contributed by atoms with Crippen molar-refractivity contribution >= 4 is 17.4 Å². The standard InChI is InChI=1S/C22H23NO5/c1-13-8-10-15(11-9-13)20(25)18-19(16-6-4-5-7-17(16)28-3)23(12-14(2)24)22(27)21(18)26/h4-11,14,19,24-25H,12H2,1-3H3/t14-,19+/m0/s1. The van der Waals surface area contributed by atoms with Gasteiger partial charge in [-0.3, -0.25) is 9.59 Å². The molecule has 6 nitrogen and oxygen atoms in total. The van der Waals surface area contributed by atoms with Crippen LogP contribution in [0.3, 0.4) is 0 Å². The highest BCUT2D eigenvalue weighted by Gasteiger charge is 2.47. The molecule has 1 saturated heterocycles. The maximum atomic E-state index is 12.8. The van der Waals surface area contributed by atoms with E-state index >= 15 is 0 Å². The number of aliphatic hydroxyl groups is 2. The molecule has 146 valence electrons. The molecule has 1 amide bonds. The summed E-state index contributed by atoms with van der Waals surface area (Å²) in [7, 11) is 1.50. The summed E-state index contributed by atoms with van der Waals surface area (Å²) in [4.78, 5) is 26.8. The molecule has 0 aromatic heterocycles. The van der Waals surface area contributed by atoms with Crippen LogP contribution in [0.2, 0.25) is 0 Å². The zero-order valence-corrected chi connectivity index (χ0v) is 16.0. The lowest BCUT2D eigenvalue weighted by atomic mass is 9.94. The minimum Gasteiger partial charge on any atom is -0.507 e. The van der Waals surface area contributed by atoms with Crippen LogP contribution in [0.15, 0.2) is 54.1 Å². The molecule has 2 atom stereocenters. The Morgan fingerprint density at radius 3 is 2.39 bits per heavy atom. The minimum atomic E-state index is -0.855. The molecule has 1 fully saturated rings. The summed E-state index contributed by atoms with van der Waals surface area (Å²) in [5.74, 6) is -1.30. The van der Waals surface area contributed by atoms with E-state index in [0.717, 1.165) is 5.56 Å². The third kappa shape index (κ3) is 3.51. The molecule has 0 spiro atoms. The number of hydrogen-bond donors (Lipinski definition) is 2. The van der Waals surface area contributed by atoms with Crippen molar-refractivity contribution in [2.75, 3.05) is 13.7 Å². The van der Waals surface area contributed by atoms with Gasteiger partial charge in [-0.1, -0.05) is 48.0 Å². The minimum absolute atomic E-state index is 0.0148. The Bertz CT molecular complexity index is 930. The molecule has 3 rings (SSSR count). The van der Waals surface area contributed by atoms with E-state index in [4.69, 9.17) is 4.74 Å². The maximum absolute atomic E-state index is 12.8. The molecule has 0 radical (unpaired) electrons. The summed E-state index contributed by atoms with van der Waals surface area (Å²) in [6, 6.07) is 13.2. The fourth-order valence-electron chi connectivity index (χ4n) is 3.44. The second-order valence-corrected chi connectivity index (χ2v) is 6.91. The van der Waals surface area contributed by atoms with Gasteiger partial charge >= 0.3 is 0 Å². The molecule has 2 N–H and O–H groups in total. The van der Waals surface area contributed by atoms with Gasteiger partial charge < -0.3 is 19.8 Å². The van der Waals surface area contributed by atoms with E-state index in [1.54, 1.807) is 43.3 Å². The molecule has 0 unspecified atom stereocenters. The van der Waals surface area contributed by atoms with Crippen LogP contribution in [-0.4, -0.2) is 46.6 Å². The molecule has 0 aliphatic carbocycles. The number of benzene rings is 2. The SMILES string of the molecule is COc1ccccc1[C@@H]1C(=C(O)c2ccc(C)cc2)C(=O)C(=O)N1C[C@H](C)O. The first-order chi connectivity index (χ1) is 13.3. The van der Waals surface area contributed by atoms with E-state index in [-0.39, 0.29) is 17.9 Å². The van der Waals surface area contributed by atoms with E-state index < -0.39 is 23.8 Å². The van der Waals surface area contributed by atoms with Crippen LogP contribution in [-0.2, 0) is 9.59 Å². The van der Waals surface area contributed by atoms with Crippen LogP contribution < -0.4 is 4.74 Å². The van der Waals surface area contributed by atoms with Crippen molar-refractivity contribution in [2.24, 2.45) is 0 Å². The number of rotatable bonds is 5. The number of likely N-dealkylation sites (tertiary alicyclic amines) is 1. The van der Waals surface area contributed by atoms with Crippen molar-refractivity contribution in [1.82, 2.24) is 4.90 Å². The van der Waals surface area contributed by atoms with Crippen molar-refractivity contribution in [3.05, 3.63) is 70.8 Å². The number of β-amino-alcohol motifs (C(OH)–C–C–N with tert-alkyl or cyclic N) is 1. The Morgan fingerprint density at radius 1 is 1.14 bits per heavy atom. The van der Waals surface area contributed by atoms with E-state index in [1.807, 2.05) is 19.1 Å². The molecular weight excluding hydrogens is 358 g/mol. The summed E-state index contributed by atoms with van der Waals surface area (Å²) < 4.78 is 5.42.